The first kappa shape index (κ1) is 11.8. The monoisotopic (exact) mass is 270 g/mol. The van der Waals surface area contributed by atoms with Crippen molar-refractivity contribution in [2.75, 3.05) is 5.32 Å². The van der Waals surface area contributed by atoms with Crippen LogP contribution in [0.4, 0.5) is 10.1 Å². The first-order chi connectivity index (χ1) is 8.06. The van der Waals surface area contributed by atoms with Crippen LogP contribution in [-0.2, 0) is 0 Å². The van der Waals surface area contributed by atoms with Crippen LogP contribution >= 0.6 is 23.8 Å². The van der Waals surface area contributed by atoms with E-state index in [1.54, 1.807) is 12.3 Å². The van der Waals surface area contributed by atoms with Gasteiger partial charge in [0.15, 0.2) is 5.11 Å². The molecular weight excluding hydrogens is 263 g/mol. The van der Waals surface area contributed by atoms with Gasteiger partial charge in [-0.2, -0.15) is 5.10 Å². The number of aromatic nitrogens is 2. The molecular formula is C10H8ClFN4S. The molecule has 2 rings (SSSR count). The number of benzene rings is 1. The first-order valence-electron chi connectivity index (χ1n) is 4.63. The average molecular weight is 271 g/mol. The summed E-state index contributed by atoms with van der Waals surface area (Å²) >= 11 is 10.5. The molecule has 0 saturated carbocycles. The number of anilines is 1. The van der Waals surface area contributed by atoms with Gasteiger partial charge in [-0.1, -0.05) is 11.6 Å². The summed E-state index contributed by atoms with van der Waals surface area (Å²) in [7, 11) is 0. The number of nitrogens with two attached hydrogens (primary N) is 1. The molecule has 2 aromatic rings. The Morgan fingerprint density at radius 1 is 1.53 bits per heavy atom. The predicted molar refractivity (Wildman–Crippen MR) is 68.9 cm³/mol. The van der Waals surface area contributed by atoms with Gasteiger partial charge in [0.1, 0.15) is 5.82 Å². The van der Waals surface area contributed by atoms with Gasteiger partial charge < -0.3 is 11.1 Å². The van der Waals surface area contributed by atoms with E-state index in [4.69, 9.17) is 29.6 Å². The van der Waals surface area contributed by atoms with Crippen LogP contribution in [0.5, 0.6) is 0 Å². The minimum atomic E-state index is -0.397. The first-order valence-corrected chi connectivity index (χ1v) is 5.41. The molecule has 0 radical (unpaired) electrons. The predicted octanol–water partition coefficient (Wildman–Crippen LogP) is 2.32. The lowest BCUT2D eigenvalue weighted by Gasteiger charge is -2.10. The summed E-state index contributed by atoms with van der Waals surface area (Å²) in [5, 5.41) is 7.24. The molecule has 0 bridgehead atoms. The van der Waals surface area contributed by atoms with E-state index in [9.17, 15) is 4.39 Å². The van der Waals surface area contributed by atoms with Crippen LogP contribution in [0.1, 0.15) is 0 Å². The lowest BCUT2D eigenvalue weighted by atomic mass is 10.2. The number of nitrogens with one attached hydrogen (secondary N) is 1. The van der Waals surface area contributed by atoms with E-state index in [2.05, 4.69) is 10.4 Å². The van der Waals surface area contributed by atoms with Gasteiger partial charge in [-0.25, -0.2) is 9.07 Å². The van der Waals surface area contributed by atoms with Crippen molar-refractivity contribution in [3.8, 4) is 5.69 Å². The number of thiocarbonyl (C=S) groups is 1. The fraction of sp³-hybridized carbons (Fsp3) is 0. The third kappa shape index (κ3) is 2.72. The smallest absolute Gasteiger partial charge is 0.168 e. The summed E-state index contributed by atoms with van der Waals surface area (Å²) in [6.45, 7) is 0. The fourth-order valence-corrected chi connectivity index (χ4v) is 1.62. The Morgan fingerprint density at radius 3 is 2.88 bits per heavy atom. The molecule has 0 aliphatic rings. The largest absolute Gasteiger partial charge is 0.376 e. The summed E-state index contributed by atoms with van der Waals surface area (Å²) in [5.74, 6) is -0.397. The Morgan fingerprint density at radius 2 is 2.29 bits per heavy atom. The van der Waals surface area contributed by atoms with Gasteiger partial charge in [0.25, 0.3) is 0 Å². The van der Waals surface area contributed by atoms with Gasteiger partial charge in [-0.05, 0) is 30.4 Å². The second-order valence-corrected chi connectivity index (χ2v) is 4.13. The molecule has 0 aliphatic carbocycles. The van der Waals surface area contributed by atoms with Crippen molar-refractivity contribution in [1.82, 2.24) is 9.78 Å². The van der Waals surface area contributed by atoms with Gasteiger partial charge in [-0.3, -0.25) is 0 Å². The van der Waals surface area contributed by atoms with E-state index in [1.807, 2.05) is 0 Å². The third-order valence-corrected chi connectivity index (χ3v) is 2.31. The topological polar surface area (TPSA) is 55.9 Å². The summed E-state index contributed by atoms with van der Waals surface area (Å²) < 4.78 is 14.6. The van der Waals surface area contributed by atoms with Gasteiger partial charge in [-0.15, -0.1) is 0 Å². The molecule has 0 spiro atoms. The molecule has 4 nitrogen and oxygen atoms in total. The van der Waals surface area contributed by atoms with Crippen molar-refractivity contribution in [1.29, 1.82) is 0 Å². The summed E-state index contributed by atoms with van der Waals surface area (Å²) in [6, 6.07) is 4.15. The Kier molecular flexibility index (Phi) is 3.26. The van der Waals surface area contributed by atoms with Crippen molar-refractivity contribution >= 4 is 34.6 Å². The van der Waals surface area contributed by atoms with Gasteiger partial charge in [0.05, 0.1) is 22.6 Å². The van der Waals surface area contributed by atoms with Crippen LogP contribution in [0.15, 0.2) is 30.6 Å². The molecule has 0 atom stereocenters. The molecule has 7 heteroatoms. The fourth-order valence-electron chi connectivity index (χ4n) is 1.37. The van der Waals surface area contributed by atoms with Crippen LogP contribution in [0.2, 0.25) is 5.02 Å². The standard InChI is InChI=1S/C10H8ClFN4S/c11-6-4-14-16(5-6)9-2-1-7(12)3-8(9)15-10(13)17/h1-5H,(H3,13,15,17). The minimum absolute atomic E-state index is 0.0510. The van der Waals surface area contributed by atoms with Crippen LogP contribution in [0.3, 0.4) is 0 Å². The maximum Gasteiger partial charge on any atom is 0.168 e. The normalized spacial score (nSPS) is 10.2. The zero-order chi connectivity index (χ0) is 12.4. The molecule has 88 valence electrons. The molecule has 1 aromatic heterocycles. The maximum absolute atomic E-state index is 13.1. The van der Waals surface area contributed by atoms with Crippen LogP contribution in [0, 0.1) is 5.82 Å². The molecule has 0 saturated heterocycles. The van der Waals surface area contributed by atoms with E-state index in [-0.39, 0.29) is 5.11 Å². The molecule has 1 aromatic carbocycles. The Hall–Kier alpha value is -1.66. The van der Waals surface area contributed by atoms with Crippen molar-refractivity contribution in [2.24, 2.45) is 5.73 Å². The second-order valence-electron chi connectivity index (χ2n) is 3.25. The molecule has 0 amide bonds. The highest BCUT2D eigenvalue weighted by molar-refractivity contribution is 7.80. The average Bonchev–Trinajstić information content (AvgIpc) is 2.64. The Balaban J connectivity index is 2.49. The number of halogens is 2. The zero-order valence-electron chi connectivity index (χ0n) is 8.52. The van der Waals surface area contributed by atoms with E-state index in [0.29, 0.717) is 16.4 Å². The van der Waals surface area contributed by atoms with E-state index >= 15 is 0 Å². The molecule has 0 aliphatic heterocycles. The molecule has 0 unspecified atom stereocenters. The molecule has 1 heterocycles. The zero-order valence-corrected chi connectivity index (χ0v) is 10.1. The Bertz CT molecular complexity index is 569. The van der Waals surface area contributed by atoms with Gasteiger partial charge in [0.2, 0.25) is 0 Å². The number of hydrogen-bond donors (Lipinski definition) is 2. The van der Waals surface area contributed by atoms with Crippen LogP contribution < -0.4 is 11.1 Å². The number of nitrogens with zero attached hydrogens (tertiary/aromatic N) is 2. The number of hydrogen-bond acceptors (Lipinski definition) is 2. The van der Waals surface area contributed by atoms with Gasteiger partial charge >= 0.3 is 0 Å². The summed E-state index contributed by atoms with van der Waals surface area (Å²) in [6.07, 6.45) is 3.08. The lowest BCUT2D eigenvalue weighted by Crippen LogP contribution is -2.20. The maximum atomic E-state index is 13.1. The molecule has 17 heavy (non-hydrogen) atoms. The minimum Gasteiger partial charge on any atom is -0.376 e. The van der Waals surface area contributed by atoms with E-state index in [1.165, 1.54) is 23.0 Å². The molecule has 3 N–H and O–H groups in total. The van der Waals surface area contributed by atoms with Crippen molar-refractivity contribution in [2.45, 2.75) is 0 Å². The quantitative estimate of drug-likeness (QED) is 0.823. The SMILES string of the molecule is NC(=S)Nc1cc(F)ccc1-n1cc(Cl)cn1. The van der Waals surface area contributed by atoms with Crippen LogP contribution in [-0.4, -0.2) is 14.9 Å². The highest BCUT2D eigenvalue weighted by Gasteiger charge is 2.08. The highest BCUT2D eigenvalue weighted by atomic mass is 35.5. The highest BCUT2D eigenvalue weighted by Crippen LogP contribution is 2.22. The van der Waals surface area contributed by atoms with E-state index < -0.39 is 5.82 Å². The van der Waals surface area contributed by atoms with Crippen molar-refractivity contribution < 1.29 is 4.39 Å². The van der Waals surface area contributed by atoms with E-state index in [0.717, 1.165) is 0 Å². The Labute approximate surface area is 107 Å². The van der Waals surface area contributed by atoms with Crippen molar-refractivity contribution in [3.05, 3.63) is 41.4 Å². The lowest BCUT2D eigenvalue weighted by molar-refractivity contribution is 0.627. The summed E-state index contributed by atoms with van der Waals surface area (Å²) in [5.41, 5.74) is 6.40. The summed E-state index contributed by atoms with van der Waals surface area (Å²) in [4.78, 5) is 0. The van der Waals surface area contributed by atoms with Crippen LogP contribution in [0.25, 0.3) is 5.69 Å². The van der Waals surface area contributed by atoms with Crippen molar-refractivity contribution in [3.63, 3.8) is 0 Å². The molecule has 0 fully saturated rings. The van der Waals surface area contributed by atoms with Gasteiger partial charge in [0, 0.05) is 6.20 Å². The number of rotatable bonds is 2. The second kappa shape index (κ2) is 4.68. The third-order valence-electron chi connectivity index (χ3n) is 2.01.